The van der Waals surface area contributed by atoms with Crippen LogP contribution in [0.1, 0.15) is 22.8 Å². The standard InChI is InChI=1S/C20H25N3O2/c1-2-22-10-12-23(13-11-22)19-9-4-3-8-18(19)21-15-16-6-5-7-17(14-16)20(24)25/h3-9,14,21H,2,10-13,15H2,1H3,(H,24,25). The van der Waals surface area contributed by atoms with Crippen LogP contribution in [0.3, 0.4) is 0 Å². The summed E-state index contributed by atoms with van der Waals surface area (Å²) < 4.78 is 0. The fourth-order valence-corrected chi connectivity index (χ4v) is 3.22. The van der Waals surface area contributed by atoms with Crippen LogP contribution in [0.5, 0.6) is 0 Å². The van der Waals surface area contributed by atoms with Crippen molar-refractivity contribution in [2.45, 2.75) is 13.5 Å². The third-order valence-electron chi connectivity index (χ3n) is 4.72. The first-order valence-corrected chi connectivity index (χ1v) is 8.80. The van der Waals surface area contributed by atoms with Gasteiger partial charge < -0.3 is 20.2 Å². The summed E-state index contributed by atoms with van der Waals surface area (Å²) in [6.07, 6.45) is 0. The number of carbonyl (C=O) groups is 1. The van der Waals surface area contributed by atoms with Crippen LogP contribution >= 0.6 is 0 Å². The van der Waals surface area contributed by atoms with Gasteiger partial charge in [-0.3, -0.25) is 0 Å². The number of rotatable bonds is 6. The zero-order chi connectivity index (χ0) is 17.6. The Labute approximate surface area is 148 Å². The van der Waals surface area contributed by atoms with Crippen molar-refractivity contribution in [2.75, 3.05) is 42.9 Å². The number of benzene rings is 2. The maximum atomic E-state index is 11.1. The average molecular weight is 339 g/mol. The molecule has 2 aromatic rings. The number of piperazine rings is 1. The van der Waals surface area contributed by atoms with Gasteiger partial charge in [0.1, 0.15) is 0 Å². The Morgan fingerprint density at radius 2 is 1.84 bits per heavy atom. The first kappa shape index (κ1) is 17.3. The second-order valence-corrected chi connectivity index (χ2v) is 6.30. The molecule has 0 unspecified atom stereocenters. The van der Waals surface area contributed by atoms with E-state index >= 15 is 0 Å². The molecule has 1 aliphatic rings. The summed E-state index contributed by atoms with van der Waals surface area (Å²) in [7, 11) is 0. The first-order valence-electron chi connectivity index (χ1n) is 8.80. The van der Waals surface area contributed by atoms with Gasteiger partial charge in [-0.1, -0.05) is 31.2 Å². The number of carboxylic acids is 1. The quantitative estimate of drug-likeness (QED) is 0.847. The van der Waals surface area contributed by atoms with E-state index in [9.17, 15) is 4.79 Å². The fraction of sp³-hybridized carbons (Fsp3) is 0.350. The van der Waals surface area contributed by atoms with Gasteiger partial charge in [0.25, 0.3) is 0 Å². The lowest BCUT2D eigenvalue weighted by Gasteiger charge is -2.36. The molecule has 132 valence electrons. The molecule has 0 saturated carbocycles. The number of nitrogens with zero attached hydrogens (tertiary/aromatic N) is 2. The van der Waals surface area contributed by atoms with Crippen LogP contribution in [0, 0.1) is 0 Å². The molecule has 25 heavy (non-hydrogen) atoms. The Morgan fingerprint density at radius 1 is 1.08 bits per heavy atom. The lowest BCUT2D eigenvalue weighted by molar-refractivity contribution is 0.0697. The highest BCUT2D eigenvalue weighted by Gasteiger charge is 2.17. The lowest BCUT2D eigenvalue weighted by Crippen LogP contribution is -2.46. The van der Waals surface area contributed by atoms with E-state index in [1.54, 1.807) is 18.2 Å². The van der Waals surface area contributed by atoms with E-state index < -0.39 is 5.97 Å². The molecule has 0 spiro atoms. The van der Waals surface area contributed by atoms with Gasteiger partial charge in [0.15, 0.2) is 0 Å². The minimum absolute atomic E-state index is 0.322. The Balaban J connectivity index is 1.69. The van der Waals surface area contributed by atoms with Crippen LogP contribution in [-0.2, 0) is 6.54 Å². The normalized spacial score (nSPS) is 15.2. The third kappa shape index (κ3) is 4.31. The monoisotopic (exact) mass is 339 g/mol. The summed E-state index contributed by atoms with van der Waals surface area (Å²) in [6.45, 7) is 8.15. The van der Waals surface area contributed by atoms with Gasteiger partial charge >= 0.3 is 5.97 Å². The van der Waals surface area contributed by atoms with Crippen LogP contribution < -0.4 is 10.2 Å². The van der Waals surface area contributed by atoms with Crippen LogP contribution in [0.2, 0.25) is 0 Å². The van der Waals surface area contributed by atoms with Gasteiger partial charge in [0, 0.05) is 32.7 Å². The predicted octanol–water partition coefficient (Wildman–Crippen LogP) is 3.14. The molecule has 1 saturated heterocycles. The van der Waals surface area contributed by atoms with Crippen molar-refractivity contribution in [3.05, 3.63) is 59.7 Å². The van der Waals surface area contributed by atoms with Gasteiger partial charge in [-0.2, -0.15) is 0 Å². The zero-order valence-corrected chi connectivity index (χ0v) is 14.6. The van der Waals surface area contributed by atoms with Crippen LogP contribution in [0.15, 0.2) is 48.5 Å². The number of hydrogen-bond acceptors (Lipinski definition) is 4. The molecule has 0 aliphatic carbocycles. The number of para-hydroxylation sites is 2. The van der Waals surface area contributed by atoms with E-state index in [1.165, 1.54) is 5.69 Å². The second-order valence-electron chi connectivity index (χ2n) is 6.30. The smallest absolute Gasteiger partial charge is 0.335 e. The van der Waals surface area contributed by atoms with Crippen LogP contribution in [0.4, 0.5) is 11.4 Å². The predicted molar refractivity (Wildman–Crippen MR) is 101 cm³/mol. The first-order chi connectivity index (χ1) is 12.2. The Kier molecular flexibility index (Phi) is 5.56. The average Bonchev–Trinajstić information content (AvgIpc) is 2.67. The maximum absolute atomic E-state index is 11.1. The molecule has 0 aromatic heterocycles. The lowest BCUT2D eigenvalue weighted by atomic mass is 10.1. The second kappa shape index (κ2) is 8.03. The fourth-order valence-electron chi connectivity index (χ4n) is 3.22. The van der Waals surface area contributed by atoms with Gasteiger partial charge in [-0.15, -0.1) is 0 Å². The van der Waals surface area contributed by atoms with Crippen molar-refractivity contribution in [1.82, 2.24) is 4.90 Å². The minimum Gasteiger partial charge on any atom is -0.478 e. The number of hydrogen-bond donors (Lipinski definition) is 2. The van der Waals surface area contributed by atoms with Crippen molar-refractivity contribution >= 4 is 17.3 Å². The summed E-state index contributed by atoms with van der Waals surface area (Å²) in [5.41, 5.74) is 3.59. The molecule has 0 atom stereocenters. The van der Waals surface area contributed by atoms with Gasteiger partial charge in [-0.05, 0) is 36.4 Å². The summed E-state index contributed by atoms with van der Waals surface area (Å²) >= 11 is 0. The topological polar surface area (TPSA) is 55.8 Å². The Hall–Kier alpha value is -2.53. The van der Waals surface area contributed by atoms with Crippen LogP contribution in [-0.4, -0.2) is 48.7 Å². The largest absolute Gasteiger partial charge is 0.478 e. The zero-order valence-electron chi connectivity index (χ0n) is 14.6. The molecule has 0 radical (unpaired) electrons. The van der Waals surface area contributed by atoms with Gasteiger partial charge in [0.2, 0.25) is 0 Å². The summed E-state index contributed by atoms with van der Waals surface area (Å²) in [4.78, 5) is 16.0. The van der Waals surface area contributed by atoms with E-state index in [0.717, 1.165) is 44.0 Å². The molecule has 1 fully saturated rings. The van der Waals surface area contributed by atoms with Crippen LogP contribution in [0.25, 0.3) is 0 Å². The summed E-state index contributed by atoms with van der Waals surface area (Å²) in [6, 6.07) is 15.4. The van der Waals surface area contributed by atoms with Crippen molar-refractivity contribution in [1.29, 1.82) is 0 Å². The highest BCUT2D eigenvalue weighted by Crippen LogP contribution is 2.27. The molecule has 5 heteroatoms. The molecule has 0 bridgehead atoms. The summed E-state index contributed by atoms with van der Waals surface area (Å²) in [5.74, 6) is -0.893. The number of anilines is 2. The molecular formula is C20H25N3O2. The van der Waals surface area contributed by atoms with E-state index in [4.69, 9.17) is 5.11 Å². The number of likely N-dealkylation sites (N-methyl/N-ethyl adjacent to an activating group) is 1. The highest BCUT2D eigenvalue weighted by molar-refractivity contribution is 5.87. The number of nitrogens with one attached hydrogen (secondary N) is 1. The third-order valence-corrected chi connectivity index (χ3v) is 4.72. The molecule has 3 rings (SSSR count). The minimum atomic E-state index is -0.893. The molecule has 2 N–H and O–H groups in total. The van der Waals surface area contributed by atoms with Gasteiger partial charge in [0.05, 0.1) is 16.9 Å². The summed E-state index contributed by atoms with van der Waals surface area (Å²) in [5, 5.41) is 12.6. The highest BCUT2D eigenvalue weighted by atomic mass is 16.4. The molecule has 5 nitrogen and oxygen atoms in total. The van der Waals surface area contributed by atoms with Gasteiger partial charge in [-0.25, -0.2) is 4.79 Å². The Bertz CT molecular complexity index is 724. The van der Waals surface area contributed by atoms with Crippen molar-refractivity contribution in [3.63, 3.8) is 0 Å². The molecule has 1 aliphatic heterocycles. The molecule has 0 amide bonds. The number of aromatic carboxylic acids is 1. The van der Waals surface area contributed by atoms with E-state index in [-0.39, 0.29) is 0 Å². The van der Waals surface area contributed by atoms with E-state index in [2.05, 4.69) is 40.2 Å². The molecule has 1 heterocycles. The SMILES string of the molecule is CCN1CCN(c2ccccc2NCc2cccc(C(=O)O)c2)CC1. The van der Waals surface area contributed by atoms with Crippen molar-refractivity contribution in [2.24, 2.45) is 0 Å². The molecule has 2 aromatic carbocycles. The van der Waals surface area contributed by atoms with Crippen molar-refractivity contribution < 1.29 is 9.90 Å². The number of carboxylic acid groups (broad SMARTS) is 1. The molecular weight excluding hydrogens is 314 g/mol. The van der Waals surface area contributed by atoms with E-state index in [1.807, 2.05) is 12.1 Å². The van der Waals surface area contributed by atoms with E-state index in [0.29, 0.717) is 12.1 Å². The Morgan fingerprint density at radius 3 is 2.56 bits per heavy atom. The van der Waals surface area contributed by atoms with Crippen molar-refractivity contribution in [3.8, 4) is 0 Å². The maximum Gasteiger partial charge on any atom is 0.335 e.